The van der Waals surface area contributed by atoms with E-state index in [9.17, 15) is 0 Å². The minimum atomic E-state index is -0.104. The van der Waals surface area contributed by atoms with Gasteiger partial charge in [-0.15, -0.1) is 0 Å². The second kappa shape index (κ2) is 19.1. The quantitative estimate of drug-likeness (QED) is 0.120. The van der Waals surface area contributed by atoms with Gasteiger partial charge in [0.2, 0.25) is 0 Å². The molecule has 0 N–H and O–H groups in total. The molecule has 6 atom stereocenters. The van der Waals surface area contributed by atoms with Crippen LogP contribution in [0.15, 0.2) is 285 Å². The monoisotopic (exact) mass is 1020 g/mol. The lowest BCUT2D eigenvalue weighted by atomic mass is 9.64. The molecule has 0 nitrogen and oxygen atoms in total. The topological polar surface area (TPSA) is 0 Å². The summed E-state index contributed by atoms with van der Waals surface area (Å²) >= 11 is 0. The molecular formula is C80H60. The van der Waals surface area contributed by atoms with Crippen molar-refractivity contribution in [2.45, 2.75) is 48.9 Å². The molecule has 0 aromatic heterocycles. The molecule has 1 saturated carbocycles. The van der Waals surface area contributed by atoms with Crippen LogP contribution in [0, 0.1) is 11.8 Å². The molecule has 6 unspecified atom stereocenters. The van der Waals surface area contributed by atoms with Crippen LogP contribution in [0.5, 0.6) is 0 Å². The average Bonchev–Trinajstić information content (AvgIpc) is 3.98. The molecule has 0 heterocycles. The van der Waals surface area contributed by atoms with Crippen molar-refractivity contribution >= 4 is 10.8 Å². The zero-order valence-electron chi connectivity index (χ0n) is 44.9. The van der Waals surface area contributed by atoms with Crippen molar-refractivity contribution < 1.29 is 0 Å². The van der Waals surface area contributed by atoms with Gasteiger partial charge in [0.25, 0.3) is 0 Å². The Morgan fingerprint density at radius 3 is 1.48 bits per heavy atom. The van der Waals surface area contributed by atoms with Crippen molar-refractivity contribution in [2.24, 2.45) is 11.8 Å². The summed E-state index contributed by atoms with van der Waals surface area (Å²) in [5, 5.41) is 2.52. The van der Waals surface area contributed by atoms with Gasteiger partial charge in [0.15, 0.2) is 0 Å². The molecule has 0 bridgehead atoms. The van der Waals surface area contributed by atoms with Crippen molar-refractivity contribution in [3.8, 4) is 44.5 Å². The summed E-state index contributed by atoms with van der Waals surface area (Å²) in [6.07, 6.45) is 4.76. The van der Waals surface area contributed by atoms with E-state index in [0.717, 1.165) is 12.8 Å². The van der Waals surface area contributed by atoms with E-state index in [1.807, 2.05) is 0 Å². The predicted octanol–water partition coefficient (Wildman–Crippen LogP) is 19.8. The van der Waals surface area contributed by atoms with Crippen LogP contribution in [0.3, 0.4) is 0 Å². The summed E-state index contributed by atoms with van der Waals surface area (Å²) in [5.74, 6) is 1.35. The maximum atomic E-state index is 2.60. The zero-order chi connectivity index (χ0) is 52.7. The van der Waals surface area contributed by atoms with E-state index in [1.54, 1.807) is 22.3 Å². The summed E-state index contributed by atoms with van der Waals surface area (Å²) in [4.78, 5) is 0. The van der Waals surface area contributed by atoms with E-state index in [2.05, 4.69) is 285 Å². The van der Waals surface area contributed by atoms with Crippen LogP contribution in [0.1, 0.15) is 103 Å². The summed E-state index contributed by atoms with van der Waals surface area (Å²) in [7, 11) is 0. The fourth-order valence-electron chi connectivity index (χ4n) is 16.2. The van der Waals surface area contributed by atoms with E-state index in [4.69, 9.17) is 0 Å². The highest BCUT2D eigenvalue weighted by atomic mass is 14.6. The van der Waals surface area contributed by atoms with Gasteiger partial charge < -0.3 is 0 Å². The molecule has 0 radical (unpaired) electrons. The zero-order valence-corrected chi connectivity index (χ0v) is 44.9. The maximum Gasteiger partial charge on any atom is 0.0352 e. The van der Waals surface area contributed by atoms with Gasteiger partial charge in [-0.2, -0.15) is 0 Å². The van der Waals surface area contributed by atoms with Gasteiger partial charge in [0, 0.05) is 23.2 Å². The first-order chi connectivity index (χ1) is 39.7. The highest BCUT2D eigenvalue weighted by molar-refractivity contribution is 6.04. The lowest BCUT2D eigenvalue weighted by molar-refractivity contribution is 0.345. The first-order valence-corrected chi connectivity index (χ1v) is 29.1. The van der Waals surface area contributed by atoms with Gasteiger partial charge in [0.05, 0.1) is 0 Å². The van der Waals surface area contributed by atoms with Gasteiger partial charge in [-0.1, -0.05) is 285 Å². The van der Waals surface area contributed by atoms with Gasteiger partial charge in [-0.3, -0.25) is 0 Å². The molecule has 12 aromatic rings. The molecular weight excluding hydrogens is 961 g/mol. The Kier molecular flexibility index (Phi) is 11.2. The van der Waals surface area contributed by atoms with Gasteiger partial charge in [-0.25, -0.2) is 0 Å². The number of rotatable bonds is 10. The van der Waals surface area contributed by atoms with E-state index < -0.39 is 0 Å². The third-order valence-electron chi connectivity index (χ3n) is 19.3. The van der Waals surface area contributed by atoms with Crippen LogP contribution >= 0.6 is 0 Å². The fraction of sp³-hybridized carbons (Fsp3) is 0.125. The lowest BCUT2D eigenvalue weighted by Crippen LogP contribution is -2.35. The van der Waals surface area contributed by atoms with E-state index in [1.165, 1.54) is 118 Å². The normalized spacial score (nSPS) is 18.9. The van der Waals surface area contributed by atoms with Crippen LogP contribution in [0.2, 0.25) is 0 Å². The molecule has 0 amide bonds. The van der Waals surface area contributed by atoms with Gasteiger partial charge in [-0.05, 0) is 165 Å². The standard InChI is InChI=1S/C80H60/c1-5-19-52(20-6-1)53-35-39-60(40-36-53)76-66-30-14-13-21-54(66)43-47-67(76)55-37-41-59(42-38-55)74(56-22-7-2-8-23-56)71-33-17-28-62-49-64-45-46-65-50-63-29-18-34-72(79(63)80(64,65)78(62)71)75(57-24-9-3-10-25-57)61-44-48-69-68-31-15-16-32-70(68)77(73(69)51-61)58-26-11-4-12-27-58/h1-44,47-48,51,64-65,74-75,77H,45-46,49-50H2. The highest BCUT2D eigenvalue weighted by Gasteiger charge is 2.62. The minimum absolute atomic E-state index is 0.0468. The fourth-order valence-corrected chi connectivity index (χ4v) is 16.2. The van der Waals surface area contributed by atoms with Crippen LogP contribution < -0.4 is 0 Å². The van der Waals surface area contributed by atoms with Gasteiger partial charge >= 0.3 is 0 Å². The summed E-state index contributed by atoms with van der Waals surface area (Å²) < 4.78 is 0. The Bertz CT molecular complexity index is 4280. The summed E-state index contributed by atoms with van der Waals surface area (Å²) in [6, 6.07) is 109. The van der Waals surface area contributed by atoms with Crippen LogP contribution in [0.25, 0.3) is 55.3 Å². The van der Waals surface area contributed by atoms with Crippen molar-refractivity contribution in [3.63, 3.8) is 0 Å². The van der Waals surface area contributed by atoms with E-state index in [-0.39, 0.29) is 23.2 Å². The first-order valence-electron chi connectivity index (χ1n) is 29.1. The molecule has 80 heavy (non-hydrogen) atoms. The molecule has 0 aliphatic heterocycles. The minimum Gasteiger partial charge on any atom is -0.0622 e. The molecule has 0 saturated heterocycles. The van der Waals surface area contributed by atoms with Crippen molar-refractivity contribution in [1.82, 2.24) is 0 Å². The average molecular weight is 1020 g/mol. The molecule has 12 aromatic carbocycles. The first kappa shape index (κ1) is 46.9. The third-order valence-corrected chi connectivity index (χ3v) is 19.3. The Balaban J connectivity index is 0.846. The Morgan fingerprint density at radius 1 is 0.325 bits per heavy atom. The number of fused-ring (bicyclic) bond motifs is 6. The Morgan fingerprint density at radius 2 is 0.812 bits per heavy atom. The number of benzene rings is 12. The highest BCUT2D eigenvalue weighted by Crippen LogP contribution is 2.67. The lowest BCUT2D eigenvalue weighted by Gasteiger charge is -2.39. The largest absolute Gasteiger partial charge is 0.0622 e. The van der Waals surface area contributed by atoms with Crippen LogP contribution in [-0.4, -0.2) is 0 Å². The van der Waals surface area contributed by atoms with E-state index >= 15 is 0 Å². The second-order valence-corrected chi connectivity index (χ2v) is 23.3. The smallest absolute Gasteiger partial charge is 0.0352 e. The van der Waals surface area contributed by atoms with Crippen molar-refractivity contribution in [1.29, 1.82) is 0 Å². The summed E-state index contributed by atoms with van der Waals surface area (Å²) in [6.45, 7) is 0. The SMILES string of the molecule is c1ccc(-c2ccc(-c3c(-c4ccc(C(c5ccccc5)c5cccc6c5C57c8c(cccc8C(c8ccccc8)c8ccc9c(c8)C(c8ccccc8)c8ccccc8-9)CC5CCC7C6)cc4)ccc4ccccc34)cc2)cc1. The van der Waals surface area contributed by atoms with Crippen molar-refractivity contribution in [2.75, 3.05) is 0 Å². The molecule has 4 aliphatic carbocycles. The molecule has 380 valence electrons. The summed E-state index contributed by atoms with van der Waals surface area (Å²) in [5.41, 5.74) is 28.9. The molecule has 0 heteroatoms. The molecule has 4 aliphatic rings. The van der Waals surface area contributed by atoms with Gasteiger partial charge in [0.1, 0.15) is 0 Å². The number of hydrogen-bond donors (Lipinski definition) is 0. The third kappa shape index (κ3) is 7.35. The Labute approximate surface area is 470 Å². The van der Waals surface area contributed by atoms with Crippen LogP contribution in [0.4, 0.5) is 0 Å². The van der Waals surface area contributed by atoms with Crippen molar-refractivity contribution in [3.05, 3.63) is 357 Å². The van der Waals surface area contributed by atoms with Crippen LogP contribution in [-0.2, 0) is 18.3 Å². The maximum absolute atomic E-state index is 2.60. The molecule has 16 rings (SSSR count). The predicted molar refractivity (Wildman–Crippen MR) is 332 cm³/mol. The van der Waals surface area contributed by atoms with E-state index in [0.29, 0.717) is 11.8 Å². The molecule has 1 fully saturated rings. The second-order valence-electron chi connectivity index (χ2n) is 23.3. The molecule has 1 spiro atoms. The number of hydrogen-bond acceptors (Lipinski definition) is 0. The Hall–Kier alpha value is -9.10.